The largest absolute Gasteiger partial charge is 0.481 e. The van der Waals surface area contributed by atoms with E-state index in [0.717, 1.165) is 31.2 Å². The fraction of sp³-hybridized carbons (Fsp3) is 0.621. The minimum Gasteiger partial charge on any atom is -0.481 e. The van der Waals surface area contributed by atoms with Gasteiger partial charge in [0.15, 0.2) is 5.78 Å². The van der Waals surface area contributed by atoms with Gasteiger partial charge in [-0.2, -0.15) is 0 Å². The van der Waals surface area contributed by atoms with Gasteiger partial charge in [-0.15, -0.1) is 0 Å². The number of nitrogens with zero attached hydrogens (tertiary/aromatic N) is 1. The summed E-state index contributed by atoms with van der Waals surface area (Å²) in [5.74, 6) is -1.09. The SMILES string of the molecule is CCCC[C@H](CC(=O)[C@@H]1CCCN1C(=O)[C@H](/C=C/[C@@H](C)CC(C)C)Cc1ccccc1)C(=O)O. The van der Waals surface area contributed by atoms with Crippen molar-refractivity contribution in [2.75, 3.05) is 6.54 Å². The predicted molar refractivity (Wildman–Crippen MR) is 136 cm³/mol. The molecule has 0 unspecified atom stereocenters. The van der Waals surface area contributed by atoms with Crippen LogP contribution in [0.2, 0.25) is 0 Å². The van der Waals surface area contributed by atoms with Crippen molar-refractivity contribution in [3.05, 3.63) is 48.0 Å². The van der Waals surface area contributed by atoms with Crippen LogP contribution in [-0.4, -0.2) is 40.3 Å². The number of likely N-dealkylation sites (tertiary alicyclic amines) is 1. The van der Waals surface area contributed by atoms with E-state index in [0.29, 0.717) is 37.6 Å². The van der Waals surface area contributed by atoms with Crippen LogP contribution in [-0.2, 0) is 20.8 Å². The maximum atomic E-state index is 13.7. The van der Waals surface area contributed by atoms with E-state index in [1.54, 1.807) is 4.90 Å². The fourth-order valence-corrected chi connectivity index (χ4v) is 4.97. The quantitative estimate of drug-likeness (QED) is 0.343. The van der Waals surface area contributed by atoms with Gasteiger partial charge in [-0.1, -0.05) is 83.0 Å². The Bertz CT molecular complexity index is 817. The summed E-state index contributed by atoms with van der Waals surface area (Å²) in [6.45, 7) is 9.14. The van der Waals surface area contributed by atoms with Crippen LogP contribution >= 0.6 is 0 Å². The molecule has 188 valence electrons. The summed E-state index contributed by atoms with van der Waals surface area (Å²) in [6.07, 6.45) is 9.42. The second kappa shape index (κ2) is 14.1. The van der Waals surface area contributed by atoms with Crippen molar-refractivity contribution in [1.29, 1.82) is 0 Å². The van der Waals surface area contributed by atoms with Gasteiger partial charge in [0.2, 0.25) is 5.91 Å². The molecule has 5 nitrogen and oxygen atoms in total. The Kier molecular flexibility index (Phi) is 11.5. The lowest BCUT2D eigenvalue weighted by atomic mass is 9.91. The van der Waals surface area contributed by atoms with Crippen LogP contribution in [0, 0.1) is 23.7 Å². The van der Waals surface area contributed by atoms with Crippen LogP contribution in [0.5, 0.6) is 0 Å². The van der Waals surface area contributed by atoms with E-state index in [4.69, 9.17) is 0 Å². The van der Waals surface area contributed by atoms with Crippen LogP contribution in [0.25, 0.3) is 0 Å². The van der Waals surface area contributed by atoms with Gasteiger partial charge in [0, 0.05) is 13.0 Å². The molecule has 2 rings (SSSR count). The molecule has 0 bridgehead atoms. The molecule has 1 saturated heterocycles. The van der Waals surface area contributed by atoms with Crippen molar-refractivity contribution < 1.29 is 19.5 Å². The number of unbranched alkanes of at least 4 members (excludes halogenated alkanes) is 1. The molecule has 4 atom stereocenters. The smallest absolute Gasteiger partial charge is 0.306 e. The summed E-state index contributed by atoms with van der Waals surface area (Å²) in [4.78, 5) is 40.2. The van der Waals surface area contributed by atoms with Gasteiger partial charge in [0.05, 0.1) is 17.9 Å². The van der Waals surface area contributed by atoms with Crippen LogP contribution in [0.1, 0.15) is 78.2 Å². The number of benzene rings is 1. The first-order chi connectivity index (χ1) is 16.2. The normalized spacial score (nSPS) is 18.9. The molecule has 34 heavy (non-hydrogen) atoms. The van der Waals surface area contributed by atoms with Crippen molar-refractivity contribution in [3.63, 3.8) is 0 Å². The summed E-state index contributed by atoms with van der Waals surface area (Å²) in [5.41, 5.74) is 1.09. The summed E-state index contributed by atoms with van der Waals surface area (Å²) >= 11 is 0. The number of carboxylic acids is 1. The van der Waals surface area contributed by atoms with Crippen LogP contribution < -0.4 is 0 Å². The molecule has 1 N–H and O–H groups in total. The molecular formula is C29H43NO4. The van der Waals surface area contributed by atoms with Gasteiger partial charge in [0.25, 0.3) is 0 Å². The predicted octanol–water partition coefficient (Wildman–Crippen LogP) is 5.92. The molecule has 1 aliphatic heterocycles. The summed E-state index contributed by atoms with van der Waals surface area (Å²) in [6, 6.07) is 9.48. The average molecular weight is 470 g/mol. The number of hydrogen-bond acceptors (Lipinski definition) is 3. The third kappa shape index (κ3) is 8.73. The van der Waals surface area contributed by atoms with E-state index < -0.39 is 17.9 Å². The minimum absolute atomic E-state index is 0.00833. The van der Waals surface area contributed by atoms with Crippen molar-refractivity contribution in [2.24, 2.45) is 23.7 Å². The van der Waals surface area contributed by atoms with Crippen molar-refractivity contribution in [3.8, 4) is 0 Å². The number of carboxylic acid groups (broad SMARTS) is 1. The first kappa shape index (κ1) is 27.8. The average Bonchev–Trinajstić information content (AvgIpc) is 3.29. The number of ketones is 1. The zero-order valence-electron chi connectivity index (χ0n) is 21.4. The number of amides is 1. The van der Waals surface area contributed by atoms with E-state index in [-0.39, 0.29) is 24.0 Å². The number of hydrogen-bond donors (Lipinski definition) is 1. The van der Waals surface area contributed by atoms with Gasteiger partial charge in [0.1, 0.15) is 0 Å². The first-order valence-electron chi connectivity index (χ1n) is 13.0. The molecule has 5 heteroatoms. The lowest BCUT2D eigenvalue weighted by molar-refractivity contribution is -0.145. The molecule has 0 spiro atoms. The van der Waals surface area contributed by atoms with Crippen LogP contribution in [0.3, 0.4) is 0 Å². The number of carbonyl (C=O) groups excluding carboxylic acids is 2. The van der Waals surface area contributed by atoms with E-state index in [1.807, 2.05) is 43.3 Å². The molecule has 1 aliphatic rings. The molecular weight excluding hydrogens is 426 g/mol. The zero-order valence-corrected chi connectivity index (χ0v) is 21.4. The Morgan fingerprint density at radius 1 is 1.12 bits per heavy atom. The summed E-state index contributed by atoms with van der Waals surface area (Å²) < 4.78 is 0. The molecule has 1 amide bonds. The number of aliphatic carboxylic acids is 1. The molecule has 1 aromatic carbocycles. The Hall–Kier alpha value is -2.43. The Morgan fingerprint density at radius 3 is 2.44 bits per heavy atom. The molecule has 0 radical (unpaired) electrons. The molecule has 1 heterocycles. The third-order valence-electron chi connectivity index (χ3n) is 6.74. The van der Waals surface area contributed by atoms with E-state index in [9.17, 15) is 19.5 Å². The number of allylic oxidation sites excluding steroid dienone is 1. The highest BCUT2D eigenvalue weighted by Gasteiger charge is 2.37. The third-order valence-corrected chi connectivity index (χ3v) is 6.74. The maximum Gasteiger partial charge on any atom is 0.306 e. The minimum atomic E-state index is -0.915. The highest BCUT2D eigenvalue weighted by atomic mass is 16.4. The van der Waals surface area contributed by atoms with Gasteiger partial charge < -0.3 is 10.0 Å². The summed E-state index contributed by atoms with van der Waals surface area (Å²) in [5, 5.41) is 9.56. The Labute approximate surface area is 205 Å². The second-order valence-electron chi connectivity index (χ2n) is 10.3. The van der Waals surface area contributed by atoms with E-state index >= 15 is 0 Å². The topological polar surface area (TPSA) is 74.7 Å². The molecule has 0 aromatic heterocycles. The standard InChI is InChI=1S/C29H43NO4/c1-5-6-13-25(29(33)34)20-27(31)26-14-10-17-30(26)28(32)24(16-15-22(4)18-21(2)3)19-23-11-8-7-9-12-23/h7-9,11-12,15-16,21-22,24-26H,5-6,10,13-14,17-20H2,1-4H3,(H,33,34)/b16-15+/t22-,24-,25-,26+/m1/s1. The lowest BCUT2D eigenvalue weighted by Crippen LogP contribution is -2.44. The maximum absolute atomic E-state index is 13.7. The van der Waals surface area contributed by atoms with Gasteiger partial charge in [-0.25, -0.2) is 0 Å². The highest BCUT2D eigenvalue weighted by molar-refractivity contribution is 5.92. The van der Waals surface area contributed by atoms with Crippen LogP contribution in [0.15, 0.2) is 42.5 Å². The van der Waals surface area contributed by atoms with Crippen molar-refractivity contribution in [2.45, 2.75) is 85.1 Å². The molecule has 1 fully saturated rings. The van der Waals surface area contributed by atoms with E-state index in [1.165, 1.54) is 0 Å². The monoisotopic (exact) mass is 469 g/mol. The molecule has 0 saturated carbocycles. The number of carbonyl (C=O) groups is 3. The van der Waals surface area contributed by atoms with Gasteiger partial charge in [-0.3, -0.25) is 14.4 Å². The van der Waals surface area contributed by atoms with E-state index in [2.05, 4.69) is 26.8 Å². The Morgan fingerprint density at radius 2 is 1.82 bits per heavy atom. The molecule has 0 aliphatic carbocycles. The number of Topliss-reactive ketones (excluding diaryl/α,β-unsaturated/α-hetero) is 1. The van der Waals surface area contributed by atoms with Gasteiger partial charge in [-0.05, 0) is 49.5 Å². The number of rotatable bonds is 14. The molecule has 1 aromatic rings. The first-order valence-corrected chi connectivity index (χ1v) is 13.0. The Balaban J connectivity index is 2.18. The second-order valence-corrected chi connectivity index (χ2v) is 10.3. The van der Waals surface area contributed by atoms with Gasteiger partial charge >= 0.3 is 5.97 Å². The zero-order chi connectivity index (χ0) is 25.1. The van der Waals surface area contributed by atoms with Crippen molar-refractivity contribution >= 4 is 17.7 Å². The van der Waals surface area contributed by atoms with Crippen LogP contribution in [0.4, 0.5) is 0 Å². The lowest BCUT2D eigenvalue weighted by Gasteiger charge is -2.28. The highest BCUT2D eigenvalue weighted by Crippen LogP contribution is 2.26. The fourth-order valence-electron chi connectivity index (χ4n) is 4.97. The summed E-state index contributed by atoms with van der Waals surface area (Å²) in [7, 11) is 0. The van der Waals surface area contributed by atoms with Crippen molar-refractivity contribution in [1.82, 2.24) is 4.90 Å².